The van der Waals surface area contributed by atoms with Crippen molar-refractivity contribution in [3.63, 3.8) is 0 Å². The number of hydrogen-bond acceptors (Lipinski definition) is 3. The van der Waals surface area contributed by atoms with E-state index in [4.69, 9.17) is 4.74 Å². The summed E-state index contributed by atoms with van der Waals surface area (Å²) in [6.07, 6.45) is 0. The number of nitrogens with zero attached hydrogens (tertiary/aromatic N) is 1. The molecule has 102 valence electrons. The number of sulfonamides is 1. The molecule has 0 saturated heterocycles. The van der Waals surface area contributed by atoms with Crippen LogP contribution in [0.1, 0.15) is 6.92 Å². The Bertz CT molecular complexity index is 521. The molecule has 0 spiro atoms. The molecule has 0 heterocycles. The number of benzene rings is 1. The van der Waals surface area contributed by atoms with Crippen molar-refractivity contribution in [1.82, 2.24) is 4.31 Å². The normalized spacial score (nSPS) is 13.9. The lowest BCUT2D eigenvalue weighted by atomic mass is 10.3. The first-order valence-electron chi connectivity index (χ1n) is 5.22. The third-order valence-corrected chi connectivity index (χ3v) is 5.21. The predicted molar refractivity (Wildman–Crippen MR) is 70.4 cm³/mol. The molecule has 1 aromatic carbocycles. The van der Waals surface area contributed by atoms with Crippen LogP contribution in [0.15, 0.2) is 27.6 Å². The van der Waals surface area contributed by atoms with Gasteiger partial charge < -0.3 is 4.74 Å². The van der Waals surface area contributed by atoms with E-state index in [1.165, 1.54) is 30.6 Å². The van der Waals surface area contributed by atoms with E-state index in [1.54, 1.807) is 6.92 Å². The van der Waals surface area contributed by atoms with Crippen LogP contribution in [0.25, 0.3) is 0 Å². The Morgan fingerprint density at radius 1 is 1.50 bits per heavy atom. The molecule has 0 aliphatic heterocycles. The second kappa shape index (κ2) is 6.10. The Labute approximate surface area is 115 Å². The van der Waals surface area contributed by atoms with Gasteiger partial charge in [-0.25, -0.2) is 12.8 Å². The lowest BCUT2D eigenvalue weighted by Gasteiger charge is -2.23. The maximum Gasteiger partial charge on any atom is 0.243 e. The van der Waals surface area contributed by atoms with Crippen LogP contribution in [-0.4, -0.2) is 39.5 Å². The Morgan fingerprint density at radius 3 is 2.61 bits per heavy atom. The zero-order valence-electron chi connectivity index (χ0n) is 10.4. The lowest BCUT2D eigenvalue weighted by molar-refractivity contribution is 0.149. The van der Waals surface area contributed by atoms with Crippen molar-refractivity contribution in [3.05, 3.63) is 28.5 Å². The van der Waals surface area contributed by atoms with E-state index in [0.29, 0.717) is 0 Å². The van der Waals surface area contributed by atoms with Crippen molar-refractivity contribution < 1.29 is 17.5 Å². The number of ether oxygens (including phenoxy) is 1. The van der Waals surface area contributed by atoms with Gasteiger partial charge in [-0.15, -0.1) is 0 Å². The van der Waals surface area contributed by atoms with Gasteiger partial charge in [0, 0.05) is 20.2 Å². The molecule has 0 radical (unpaired) electrons. The highest BCUT2D eigenvalue weighted by Crippen LogP contribution is 2.22. The second-order valence-corrected chi connectivity index (χ2v) is 6.75. The molecule has 1 rings (SSSR count). The largest absolute Gasteiger partial charge is 0.383 e. The first kappa shape index (κ1) is 15.6. The van der Waals surface area contributed by atoms with E-state index >= 15 is 0 Å². The molecule has 0 aliphatic carbocycles. The molecule has 1 aromatic rings. The van der Waals surface area contributed by atoms with Crippen LogP contribution in [0, 0.1) is 5.82 Å². The van der Waals surface area contributed by atoms with Crippen molar-refractivity contribution in [3.8, 4) is 0 Å². The first-order chi connectivity index (χ1) is 8.30. The van der Waals surface area contributed by atoms with E-state index in [2.05, 4.69) is 15.9 Å². The van der Waals surface area contributed by atoms with Gasteiger partial charge in [-0.3, -0.25) is 0 Å². The fourth-order valence-corrected chi connectivity index (χ4v) is 2.99. The highest BCUT2D eigenvalue weighted by molar-refractivity contribution is 9.10. The van der Waals surface area contributed by atoms with Crippen LogP contribution < -0.4 is 0 Å². The molecule has 7 heteroatoms. The molecule has 0 aromatic heterocycles. The average molecular weight is 340 g/mol. The third kappa shape index (κ3) is 3.28. The van der Waals surface area contributed by atoms with Crippen LogP contribution >= 0.6 is 15.9 Å². The standard InChI is InChI=1S/C11H15BrFNO3S/c1-8(7-17-3)14(2)18(15,16)9-4-5-10(12)11(13)6-9/h4-6,8H,7H2,1-3H3. The van der Waals surface area contributed by atoms with E-state index < -0.39 is 15.8 Å². The predicted octanol–water partition coefficient (Wildman–Crippen LogP) is 2.24. The van der Waals surface area contributed by atoms with Gasteiger partial charge >= 0.3 is 0 Å². The summed E-state index contributed by atoms with van der Waals surface area (Å²) < 4.78 is 44.1. The Hall–Kier alpha value is -0.500. The molecule has 0 N–H and O–H groups in total. The van der Waals surface area contributed by atoms with Gasteiger partial charge in [0.1, 0.15) is 5.82 Å². The highest BCUT2D eigenvalue weighted by atomic mass is 79.9. The van der Waals surface area contributed by atoms with Crippen molar-refractivity contribution >= 4 is 26.0 Å². The summed E-state index contributed by atoms with van der Waals surface area (Å²) in [6, 6.07) is 3.40. The molecule has 0 bridgehead atoms. The summed E-state index contributed by atoms with van der Waals surface area (Å²) in [4.78, 5) is -0.0753. The van der Waals surface area contributed by atoms with E-state index in [-0.39, 0.29) is 22.0 Å². The van der Waals surface area contributed by atoms with Crippen LogP contribution in [0.4, 0.5) is 4.39 Å². The van der Waals surface area contributed by atoms with E-state index in [1.807, 2.05) is 0 Å². The number of rotatable bonds is 5. The molecule has 0 fully saturated rings. The fraction of sp³-hybridized carbons (Fsp3) is 0.455. The van der Waals surface area contributed by atoms with Gasteiger partial charge in [0.25, 0.3) is 0 Å². The minimum absolute atomic E-state index is 0.0753. The smallest absolute Gasteiger partial charge is 0.243 e. The topological polar surface area (TPSA) is 46.6 Å². The minimum Gasteiger partial charge on any atom is -0.383 e. The Kier molecular flexibility index (Phi) is 5.27. The summed E-state index contributed by atoms with van der Waals surface area (Å²) in [6.45, 7) is 1.99. The quantitative estimate of drug-likeness (QED) is 0.826. The Morgan fingerprint density at radius 2 is 2.11 bits per heavy atom. The van der Waals surface area contributed by atoms with Gasteiger partial charge in [0.05, 0.1) is 16.0 Å². The summed E-state index contributed by atoms with van der Waals surface area (Å²) >= 11 is 2.98. The van der Waals surface area contributed by atoms with Crippen molar-refractivity contribution in [2.45, 2.75) is 17.9 Å². The molecule has 0 saturated carbocycles. The van der Waals surface area contributed by atoms with Crippen molar-refractivity contribution in [2.75, 3.05) is 20.8 Å². The first-order valence-corrected chi connectivity index (χ1v) is 7.46. The van der Waals surface area contributed by atoms with Gasteiger partial charge in [-0.1, -0.05) is 0 Å². The zero-order valence-corrected chi connectivity index (χ0v) is 12.8. The maximum absolute atomic E-state index is 13.4. The lowest BCUT2D eigenvalue weighted by Crippen LogP contribution is -2.37. The number of methoxy groups -OCH3 is 1. The second-order valence-electron chi connectivity index (χ2n) is 3.90. The van der Waals surface area contributed by atoms with Gasteiger partial charge in [-0.2, -0.15) is 4.31 Å². The number of halogens is 2. The van der Waals surface area contributed by atoms with Crippen molar-refractivity contribution in [1.29, 1.82) is 0 Å². The summed E-state index contributed by atoms with van der Waals surface area (Å²) in [5, 5.41) is 0. The van der Waals surface area contributed by atoms with Crippen molar-refractivity contribution in [2.24, 2.45) is 0 Å². The van der Waals surface area contributed by atoms with Crippen LogP contribution in [0.3, 0.4) is 0 Å². The summed E-state index contributed by atoms with van der Waals surface area (Å²) in [5.74, 6) is -0.608. The van der Waals surface area contributed by atoms with Gasteiger partial charge in [0.2, 0.25) is 10.0 Å². The SMILES string of the molecule is COCC(C)N(C)S(=O)(=O)c1ccc(Br)c(F)c1. The molecule has 1 unspecified atom stereocenters. The molecular formula is C11H15BrFNO3S. The molecule has 4 nitrogen and oxygen atoms in total. The summed E-state index contributed by atoms with van der Waals surface area (Å²) in [7, 11) is -0.767. The van der Waals surface area contributed by atoms with Gasteiger partial charge in [-0.05, 0) is 41.1 Å². The van der Waals surface area contributed by atoms with E-state index in [9.17, 15) is 12.8 Å². The Balaban J connectivity index is 3.09. The molecule has 1 atom stereocenters. The van der Waals surface area contributed by atoms with Crippen LogP contribution in [-0.2, 0) is 14.8 Å². The third-order valence-electron chi connectivity index (χ3n) is 2.60. The maximum atomic E-state index is 13.4. The number of hydrogen-bond donors (Lipinski definition) is 0. The van der Waals surface area contributed by atoms with Crippen LogP contribution in [0.5, 0.6) is 0 Å². The van der Waals surface area contributed by atoms with E-state index in [0.717, 1.165) is 6.07 Å². The molecular weight excluding hydrogens is 325 g/mol. The summed E-state index contributed by atoms with van der Waals surface area (Å²) in [5.41, 5.74) is 0. The monoisotopic (exact) mass is 339 g/mol. The van der Waals surface area contributed by atoms with Gasteiger partial charge in [0.15, 0.2) is 0 Å². The molecule has 0 aliphatic rings. The number of likely N-dealkylation sites (N-methyl/N-ethyl adjacent to an activating group) is 1. The average Bonchev–Trinajstić information content (AvgIpc) is 2.31. The fourth-order valence-electron chi connectivity index (χ4n) is 1.39. The minimum atomic E-state index is -3.71. The molecule has 0 amide bonds. The highest BCUT2D eigenvalue weighted by Gasteiger charge is 2.25. The van der Waals surface area contributed by atoms with Crippen LogP contribution in [0.2, 0.25) is 0 Å². The molecule has 18 heavy (non-hydrogen) atoms. The zero-order chi connectivity index (χ0) is 13.9.